The van der Waals surface area contributed by atoms with Crippen LogP contribution in [0.1, 0.15) is 2.85 Å². The summed E-state index contributed by atoms with van der Waals surface area (Å²) in [4.78, 5) is 0. The van der Waals surface area contributed by atoms with Crippen molar-refractivity contribution in [3.63, 3.8) is 0 Å². The lowest BCUT2D eigenvalue weighted by atomic mass is 9.83. The highest BCUT2D eigenvalue weighted by Gasteiger charge is 2.21. The van der Waals surface area contributed by atoms with Gasteiger partial charge in [0.05, 0.1) is 0 Å². The van der Waals surface area contributed by atoms with Crippen molar-refractivity contribution in [3.05, 3.63) is 328 Å². The van der Waals surface area contributed by atoms with Gasteiger partial charge < -0.3 is 0 Å². The predicted octanol–water partition coefficient (Wildman–Crippen LogP) is 24.2. The highest BCUT2D eigenvalue weighted by Crippen LogP contribution is 2.49. The Morgan fingerprint density at radius 2 is 0.488 bits per heavy atom. The average molecular weight is 1070 g/mol. The van der Waals surface area contributed by atoms with Crippen LogP contribution < -0.4 is 0 Å². The van der Waals surface area contributed by atoms with E-state index >= 15 is 0 Å². The molecule has 0 aliphatic rings. The topological polar surface area (TPSA) is 0 Å². The van der Waals surface area contributed by atoms with E-state index in [-0.39, 0.29) is 2.85 Å². The van der Waals surface area contributed by atoms with Gasteiger partial charge in [-0.1, -0.05) is 291 Å². The third-order valence-corrected chi connectivity index (χ3v) is 17.4. The highest BCUT2D eigenvalue weighted by atomic mass is 14.2. The number of fused-ring (bicyclic) bond motifs is 10. The average Bonchev–Trinajstić information content (AvgIpc) is 1.45. The summed E-state index contributed by atoms with van der Waals surface area (Å²) in [6.07, 6.45) is 0. The van der Waals surface area contributed by atoms with Gasteiger partial charge in [0.25, 0.3) is 0 Å². The Bertz CT molecular complexity index is 5260. The predicted molar refractivity (Wildman–Crippen MR) is 367 cm³/mol. The van der Waals surface area contributed by atoms with E-state index in [0.29, 0.717) is 0 Å². The molecule has 17 aromatic carbocycles. The normalized spacial score (nSPS) is 11.6. The maximum absolute atomic E-state index is 2.38. The molecule has 0 N–H and O–H groups in total. The van der Waals surface area contributed by atoms with Crippen LogP contribution in [0.15, 0.2) is 328 Å². The third-order valence-electron chi connectivity index (χ3n) is 17.4. The van der Waals surface area contributed by atoms with Crippen molar-refractivity contribution in [3.8, 4) is 66.8 Å². The van der Waals surface area contributed by atoms with E-state index in [2.05, 4.69) is 328 Å². The van der Waals surface area contributed by atoms with Crippen LogP contribution in [0.25, 0.3) is 164 Å². The Labute approximate surface area is 491 Å². The van der Waals surface area contributed by atoms with Gasteiger partial charge in [-0.05, 0) is 200 Å². The Morgan fingerprint density at radius 3 is 1.02 bits per heavy atom. The summed E-state index contributed by atoms with van der Waals surface area (Å²) in [6, 6.07) is 120. The molecule has 0 radical (unpaired) electrons. The SMILES string of the molecule is [HH].[HH].c1ccc(-c2cc(-c3ccccc3)cc(-c3c4ccccc4c(-c4cccc5c4ccc4cc6ccccc6cc45)c4ccccc34)c2)cc1.c1ccc2cc(-c3c4ccccc4c(-c4cccc5ccccc45)c4ccccc34)ccc2c1. The molecule has 0 fully saturated rings. The molecule has 394 valence electrons. The van der Waals surface area contributed by atoms with Crippen molar-refractivity contribution >= 4 is 97.0 Å². The van der Waals surface area contributed by atoms with Crippen LogP contribution in [0.4, 0.5) is 0 Å². The van der Waals surface area contributed by atoms with Crippen LogP contribution >= 0.6 is 0 Å². The smallest absolute Gasteiger partial charge is 0 e. The van der Waals surface area contributed by atoms with Crippen molar-refractivity contribution in [1.29, 1.82) is 0 Å². The molecule has 0 aliphatic carbocycles. The van der Waals surface area contributed by atoms with Gasteiger partial charge in [0.15, 0.2) is 0 Å². The van der Waals surface area contributed by atoms with E-state index < -0.39 is 0 Å². The summed E-state index contributed by atoms with van der Waals surface area (Å²) in [6.45, 7) is 0. The molecule has 0 heterocycles. The van der Waals surface area contributed by atoms with Crippen LogP contribution in [0, 0.1) is 0 Å². The lowest BCUT2D eigenvalue weighted by Gasteiger charge is -2.20. The molecular weight excluding hydrogens is 1010 g/mol. The quantitative estimate of drug-likeness (QED) is 0.115. The molecule has 84 heavy (non-hydrogen) atoms. The number of rotatable bonds is 6. The fourth-order valence-corrected chi connectivity index (χ4v) is 13.6. The van der Waals surface area contributed by atoms with Crippen LogP contribution in [0.2, 0.25) is 0 Å². The van der Waals surface area contributed by atoms with Gasteiger partial charge in [-0.2, -0.15) is 0 Å². The van der Waals surface area contributed by atoms with E-state index in [0.717, 1.165) is 0 Å². The molecule has 0 heteroatoms. The highest BCUT2D eigenvalue weighted by molar-refractivity contribution is 6.26. The van der Waals surface area contributed by atoms with Gasteiger partial charge in [0.1, 0.15) is 0 Å². The zero-order chi connectivity index (χ0) is 55.5. The maximum Gasteiger partial charge on any atom is 0 e. The Hall–Kier alpha value is -10.9. The molecule has 0 amide bonds. The number of hydrogen-bond donors (Lipinski definition) is 0. The minimum atomic E-state index is 0. The lowest BCUT2D eigenvalue weighted by molar-refractivity contribution is 1.58. The molecule has 17 aromatic rings. The molecule has 0 saturated carbocycles. The summed E-state index contributed by atoms with van der Waals surface area (Å²) in [7, 11) is 0. The van der Waals surface area contributed by atoms with E-state index in [1.165, 1.54) is 164 Å². The summed E-state index contributed by atoms with van der Waals surface area (Å²) < 4.78 is 0. The second kappa shape index (κ2) is 20.6. The second-order valence-electron chi connectivity index (χ2n) is 22.2. The van der Waals surface area contributed by atoms with E-state index in [4.69, 9.17) is 0 Å². The molecular formula is C84H58. The Morgan fingerprint density at radius 1 is 0.131 bits per heavy atom. The Kier molecular flexibility index (Phi) is 12.0. The maximum atomic E-state index is 2.38. The molecule has 17 rings (SSSR count). The van der Waals surface area contributed by atoms with Gasteiger partial charge in [-0.3, -0.25) is 0 Å². The molecule has 0 unspecified atom stereocenters. The zero-order valence-electron chi connectivity index (χ0n) is 46.2. The first-order valence-corrected chi connectivity index (χ1v) is 29.1. The molecule has 0 atom stereocenters. The molecule has 0 aromatic heterocycles. The first-order valence-electron chi connectivity index (χ1n) is 29.1. The minimum absolute atomic E-state index is 0. The zero-order valence-corrected chi connectivity index (χ0v) is 46.2. The molecule has 0 nitrogen and oxygen atoms in total. The lowest BCUT2D eigenvalue weighted by Crippen LogP contribution is -1.93. The second-order valence-corrected chi connectivity index (χ2v) is 22.2. The largest absolute Gasteiger partial charge is 0.0622 e. The molecule has 0 saturated heterocycles. The van der Waals surface area contributed by atoms with E-state index in [9.17, 15) is 0 Å². The number of hydrogen-bond acceptors (Lipinski definition) is 0. The first kappa shape index (κ1) is 48.9. The summed E-state index contributed by atoms with van der Waals surface area (Å²) >= 11 is 0. The fourth-order valence-electron chi connectivity index (χ4n) is 13.6. The van der Waals surface area contributed by atoms with Gasteiger partial charge in [0.2, 0.25) is 0 Å². The third kappa shape index (κ3) is 8.38. The summed E-state index contributed by atoms with van der Waals surface area (Å²) in [5.74, 6) is 0. The van der Waals surface area contributed by atoms with E-state index in [1.807, 2.05) is 0 Å². The monoisotopic (exact) mass is 1070 g/mol. The minimum Gasteiger partial charge on any atom is -0.0622 e. The molecule has 0 bridgehead atoms. The van der Waals surface area contributed by atoms with Crippen LogP contribution in [-0.4, -0.2) is 0 Å². The van der Waals surface area contributed by atoms with E-state index in [1.54, 1.807) is 0 Å². The van der Waals surface area contributed by atoms with Crippen molar-refractivity contribution in [2.45, 2.75) is 0 Å². The van der Waals surface area contributed by atoms with Crippen LogP contribution in [-0.2, 0) is 0 Å². The van der Waals surface area contributed by atoms with Crippen molar-refractivity contribution in [2.24, 2.45) is 0 Å². The van der Waals surface area contributed by atoms with Crippen molar-refractivity contribution in [2.75, 3.05) is 0 Å². The fraction of sp³-hybridized carbons (Fsp3) is 0. The standard InChI is InChI=1S/C50H32.C34H22.2H2/c1-3-14-33(15-4-1)38-29-39(34-16-5-2-6-17-34)31-40(30-38)49-44-20-9-11-22-46(44)50(47-23-12-10-21-45(47)49)43-25-13-24-41-42(43)27-26-37-28-35-18-7-8-19-36(35)32-48(37)41;1-2-12-25-22-26(21-20-23(25)10-1)33-29-15-5-7-17-31(29)34(32-18-8-6-16-30(32)33)28-19-9-13-24-11-3-4-14-27(24)28;;/h1-32H;1-22H;2*1H. The van der Waals surface area contributed by atoms with Crippen molar-refractivity contribution in [1.82, 2.24) is 0 Å². The van der Waals surface area contributed by atoms with Gasteiger partial charge in [-0.25, -0.2) is 0 Å². The van der Waals surface area contributed by atoms with Gasteiger partial charge in [0, 0.05) is 2.85 Å². The Balaban J connectivity index is 0.000000159. The van der Waals surface area contributed by atoms with Crippen LogP contribution in [0.3, 0.4) is 0 Å². The number of benzene rings is 17. The van der Waals surface area contributed by atoms with Gasteiger partial charge >= 0.3 is 0 Å². The van der Waals surface area contributed by atoms with Gasteiger partial charge in [-0.15, -0.1) is 0 Å². The van der Waals surface area contributed by atoms with Crippen molar-refractivity contribution < 1.29 is 2.85 Å². The summed E-state index contributed by atoms with van der Waals surface area (Å²) in [5, 5.41) is 23.0. The van der Waals surface area contributed by atoms with Crippen LogP contribution in [0.5, 0.6) is 0 Å². The summed E-state index contributed by atoms with van der Waals surface area (Å²) in [5.41, 5.74) is 15.1. The first-order chi connectivity index (χ1) is 41.7. The molecule has 0 aliphatic heterocycles. The molecule has 0 spiro atoms.